The Morgan fingerprint density at radius 1 is 1.33 bits per heavy atom. The molecular formula is C7H7BrClF2N. The van der Waals surface area contributed by atoms with Gasteiger partial charge in [0.25, 0.3) is 0 Å². The summed E-state index contributed by atoms with van der Waals surface area (Å²) >= 11 is 2.87. The highest BCUT2D eigenvalue weighted by atomic mass is 79.9. The first kappa shape index (κ1) is 11.8. The van der Waals surface area contributed by atoms with Gasteiger partial charge < -0.3 is 5.73 Å². The second-order valence-corrected chi connectivity index (χ2v) is 2.92. The Bertz CT molecular complexity index is 280. The lowest BCUT2D eigenvalue weighted by Gasteiger charge is -2.00. The van der Waals surface area contributed by atoms with E-state index < -0.39 is 11.6 Å². The molecular weight excluding hydrogens is 251 g/mol. The molecule has 0 spiro atoms. The molecule has 2 N–H and O–H groups in total. The summed E-state index contributed by atoms with van der Waals surface area (Å²) in [5.41, 5.74) is 5.34. The molecule has 12 heavy (non-hydrogen) atoms. The lowest BCUT2D eigenvalue weighted by molar-refractivity contribution is 0.579. The highest BCUT2D eigenvalue weighted by Gasteiger charge is 2.06. The summed E-state index contributed by atoms with van der Waals surface area (Å²) in [7, 11) is 0. The summed E-state index contributed by atoms with van der Waals surface area (Å²) in [6, 6.07) is 2.15. The maximum Gasteiger partial charge on any atom is 0.142 e. The predicted octanol–water partition coefficient (Wildman–Crippen LogP) is 2.61. The van der Waals surface area contributed by atoms with Crippen molar-refractivity contribution in [2.24, 2.45) is 5.73 Å². The van der Waals surface area contributed by atoms with Crippen LogP contribution in [0.3, 0.4) is 0 Å². The van der Waals surface area contributed by atoms with Crippen LogP contribution in [0.1, 0.15) is 5.56 Å². The van der Waals surface area contributed by atoms with Crippen molar-refractivity contribution in [3.8, 4) is 0 Å². The number of benzene rings is 1. The summed E-state index contributed by atoms with van der Waals surface area (Å²) in [5, 5.41) is 0. The molecule has 68 valence electrons. The van der Waals surface area contributed by atoms with E-state index in [9.17, 15) is 8.78 Å². The van der Waals surface area contributed by atoms with E-state index in [4.69, 9.17) is 5.73 Å². The van der Waals surface area contributed by atoms with Crippen LogP contribution in [0.4, 0.5) is 8.78 Å². The van der Waals surface area contributed by atoms with Crippen molar-refractivity contribution >= 4 is 28.3 Å². The van der Waals surface area contributed by atoms with E-state index in [0.29, 0.717) is 0 Å². The van der Waals surface area contributed by atoms with Crippen molar-refractivity contribution in [2.45, 2.75) is 6.54 Å². The molecule has 1 aromatic rings. The molecule has 0 unspecified atom stereocenters. The van der Waals surface area contributed by atoms with Gasteiger partial charge in [0, 0.05) is 12.1 Å². The second-order valence-electron chi connectivity index (χ2n) is 2.06. The predicted molar refractivity (Wildman–Crippen MR) is 49.2 cm³/mol. The average Bonchev–Trinajstić information content (AvgIpc) is 1.96. The third-order valence-corrected chi connectivity index (χ3v) is 1.87. The van der Waals surface area contributed by atoms with Gasteiger partial charge in [-0.05, 0) is 28.1 Å². The van der Waals surface area contributed by atoms with Crippen LogP contribution < -0.4 is 5.73 Å². The SMILES string of the molecule is Cl.NCc1cc(F)cc(Br)c1F. The number of nitrogens with two attached hydrogens (primary N) is 1. The van der Waals surface area contributed by atoms with Crippen molar-refractivity contribution in [1.29, 1.82) is 0 Å². The zero-order valence-corrected chi connectivity index (χ0v) is 8.38. The minimum absolute atomic E-state index is 0. The van der Waals surface area contributed by atoms with Gasteiger partial charge in [0.1, 0.15) is 11.6 Å². The Kier molecular flexibility index (Phi) is 4.67. The van der Waals surface area contributed by atoms with Crippen molar-refractivity contribution in [3.63, 3.8) is 0 Å². The van der Waals surface area contributed by atoms with Gasteiger partial charge in [0.05, 0.1) is 4.47 Å². The number of halogens is 4. The molecule has 0 aromatic heterocycles. The second kappa shape index (κ2) is 4.74. The van der Waals surface area contributed by atoms with E-state index in [-0.39, 0.29) is 29.0 Å². The molecule has 0 saturated carbocycles. The Hall–Kier alpha value is -0.190. The molecule has 0 heterocycles. The fraction of sp³-hybridized carbons (Fsp3) is 0.143. The van der Waals surface area contributed by atoms with Gasteiger partial charge in [-0.3, -0.25) is 0 Å². The minimum atomic E-state index is -0.492. The molecule has 5 heteroatoms. The van der Waals surface area contributed by atoms with Crippen LogP contribution in [-0.4, -0.2) is 0 Å². The first-order valence-electron chi connectivity index (χ1n) is 2.98. The van der Waals surface area contributed by atoms with Crippen LogP contribution in [-0.2, 0) is 6.54 Å². The minimum Gasteiger partial charge on any atom is -0.326 e. The fourth-order valence-corrected chi connectivity index (χ4v) is 1.23. The summed E-state index contributed by atoms with van der Waals surface area (Å²) < 4.78 is 25.5. The molecule has 0 saturated heterocycles. The molecule has 0 aliphatic heterocycles. The third-order valence-electron chi connectivity index (χ3n) is 1.29. The largest absolute Gasteiger partial charge is 0.326 e. The van der Waals surface area contributed by atoms with Gasteiger partial charge in [-0.25, -0.2) is 8.78 Å². The van der Waals surface area contributed by atoms with Gasteiger partial charge in [0.2, 0.25) is 0 Å². The molecule has 0 radical (unpaired) electrons. The third kappa shape index (κ3) is 2.40. The fourth-order valence-electron chi connectivity index (χ4n) is 0.758. The Morgan fingerprint density at radius 3 is 2.42 bits per heavy atom. The lowest BCUT2D eigenvalue weighted by Crippen LogP contribution is -2.01. The molecule has 1 rings (SSSR count). The quantitative estimate of drug-likeness (QED) is 0.770. The molecule has 1 aromatic carbocycles. The van der Waals surface area contributed by atoms with Gasteiger partial charge in [-0.15, -0.1) is 12.4 Å². The maximum atomic E-state index is 12.9. The van der Waals surface area contributed by atoms with E-state index in [1.54, 1.807) is 0 Å². The van der Waals surface area contributed by atoms with Gasteiger partial charge in [-0.1, -0.05) is 0 Å². The van der Waals surface area contributed by atoms with Crippen LogP contribution in [0.5, 0.6) is 0 Å². The normalized spacial score (nSPS) is 9.33. The highest BCUT2D eigenvalue weighted by molar-refractivity contribution is 9.10. The van der Waals surface area contributed by atoms with E-state index in [0.717, 1.165) is 12.1 Å². The molecule has 1 nitrogen and oxygen atoms in total. The first-order chi connectivity index (χ1) is 5.15. The van der Waals surface area contributed by atoms with Crippen LogP contribution >= 0.6 is 28.3 Å². The van der Waals surface area contributed by atoms with Gasteiger partial charge in [0.15, 0.2) is 0 Å². The highest BCUT2D eigenvalue weighted by Crippen LogP contribution is 2.20. The number of rotatable bonds is 1. The summed E-state index contributed by atoms with van der Waals surface area (Å²) in [6.07, 6.45) is 0. The van der Waals surface area contributed by atoms with Gasteiger partial charge in [-0.2, -0.15) is 0 Å². The molecule has 0 amide bonds. The van der Waals surface area contributed by atoms with E-state index >= 15 is 0 Å². The molecule has 0 aliphatic rings. The van der Waals surface area contributed by atoms with E-state index in [1.807, 2.05) is 0 Å². The smallest absolute Gasteiger partial charge is 0.142 e. The van der Waals surface area contributed by atoms with E-state index in [2.05, 4.69) is 15.9 Å². The Balaban J connectivity index is 0.00000121. The maximum absolute atomic E-state index is 12.9. The van der Waals surface area contributed by atoms with Crippen molar-refractivity contribution in [3.05, 3.63) is 33.8 Å². The van der Waals surface area contributed by atoms with Crippen molar-refractivity contribution in [1.82, 2.24) is 0 Å². The van der Waals surface area contributed by atoms with Crippen LogP contribution in [0.2, 0.25) is 0 Å². The standard InChI is InChI=1S/C7H6BrF2N.ClH/c8-6-2-5(9)1-4(3-11)7(6)10;/h1-2H,3,11H2;1H. The van der Waals surface area contributed by atoms with E-state index in [1.165, 1.54) is 0 Å². The molecule has 0 atom stereocenters. The molecule has 0 fully saturated rings. The van der Waals surface area contributed by atoms with Gasteiger partial charge >= 0.3 is 0 Å². The number of hydrogen-bond donors (Lipinski definition) is 1. The van der Waals surface area contributed by atoms with Crippen molar-refractivity contribution < 1.29 is 8.78 Å². The average molecular weight is 258 g/mol. The summed E-state index contributed by atoms with van der Waals surface area (Å²) in [4.78, 5) is 0. The van der Waals surface area contributed by atoms with Crippen LogP contribution in [0, 0.1) is 11.6 Å². The Morgan fingerprint density at radius 2 is 1.92 bits per heavy atom. The van der Waals surface area contributed by atoms with Crippen LogP contribution in [0.25, 0.3) is 0 Å². The topological polar surface area (TPSA) is 26.0 Å². The first-order valence-corrected chi connectivity index (χ1v) is 3.78. The van der Waals surface area contributed by atoms with Crippen LogP contribution in [0.15, 0.2) is 16.6 Å². The Labute approximate surface area is 83.5 Å². The zero-order chi connectivity index (χ0) is 8.43. The van der Waals surface area contributed by atoms with Crippen molar-refractivity contribution in [2.75, 3.05) is 0 Å². The summed E-state index contributed by atoms with van der Waals surface area (Å²) in [6.45, 7) is 0.00218. The summed E-state index contributed by atoms with van der Waals surface area (Å²) in [5.74, 6) is -0.979. The number of hydrogen-bond acceptors (Lipinski definition) is 1. The molecule has 0 bridgehead atoms. The zero-order valence-electron chi connectivity index (χ0n) is 5.98. The monoisotopic (exact) mass is 257 g/mol. The molecule has 0 aliphatic carbocycles. The lowest BCUT2D eigenvalue weighted by atomic mass is 10.2.